The molecule has 0 atom stereocenters. The minimum absolute atomic E-state index is 0. The van der Waals surface area contributed by atoms with Gasteiger partial charge in [-0.2, -0.15) is 11.8 Å². The summed E-state index contributed by atoms with van der Waals surface area (Å²) >= 11 is 7.39. The molecule has 0 fully saturated rings. The molecule has 1 aromatic carbocycles. The zero-order valence-electron chi connectivity index (χ0n) is 12.9. The van der Waals surface area contributed by atoms with Crippen LogP contribution in [0.4, 0.5) is 11.4 Å². The van der Waals surface area contributed by atoms with E-state index in [1.807, 2.05) is 24.3 Å². The Kier molecular flexibility index (Phi) is 10.7. The van der Waals surface area contributed by atoms with Gasteiger partial charge in [-0.25, -0.2) is 0 Å². The lowest BCUT2D eigenvalue weighted by atomic mass is 10.2. The summed E-state index contributed by atoms with van der Waals surface area (Å²) in [5.74, 6) is 2.70. The molecule has 0 radical (unpaired) electrons. The van der Waals surface area contributed by atoms with Crippen LogP contribution in [0, 0.1) is 0 Å². The van der Waals surface area contributed by atoms with Crippen LogP contribution in [0.15, 0.2) is 24.3 Å². The molecular formula is C15H24ClIN2OS. The number of amides is 1. The average Bonchev–Trinajstić information content (AvgIpc) is 2.38. The number of hydrogen-bond donors (Lipinski definition) is 1. The number of hydrogen-bond acceptors (Lipinski definition) is 2. The van der Waals surface area contributed by atoms with Crippen molar-refractivity contribution in [3.05, 3.63) is 24.3 Å². The van der Waals surface area contributed by atoms with Gasteiger partial charge in [-0.05, 0) is 24.3 Å². The van der Waals surface area contributed by atoms with Gasteiger partial charge < -0.3 is 29.3 Å². The number of carbonyl (C=O) groups excluding carboxylic acids is 1. The minimum atomic E-state index is 0. The fraction of sp³-hybridized carbons (Fsp3) is 0.533. The molecule has 1 N–H and O–H groups in total. The van der Waals surface area contributed by atoms with Gasteiger partial charge in [0.15, 0.2) is 0 Å². The van der Waals surface area contributed by atoms with Gasteiger partial charge in [0.1, 0.15) is 5.69 Å². The number of rotatable bonds is 8. The topological polar surface area (TPSA) is 29.1 Å². The highest BCUT2D eigenvalue weighted by Gasteiger charge is 2.11. The van der Waals surface area contributed by atoms with E-state index in [2.05, 4.69) is 26.5 Å². The molecule has 0 bridgehead atoms. The average molecular weight is 443 g/mol. The Morgan fingerprint density at radius 3 is 2.33 bits per heavy atom. The van der Waals surface area contributed by atoms with E-state index in [1.54, 1.807) is 11.8 Å². The molecule has 0 aromatic heterocycles. The molecule has 21 heavy (non-hydrogen) atoms. The van der Waals surface area contributed by atoms with Crippen LogP contribution in [-0.2, 0) is 4.79 Å². The van der Waals surface area contributed by atoms with Crippen LogP contribution in [-0.4, -0.2) is 44.4 Å². The predicted molar refractivity (Wildman–Crippen MR) is 91.9 cm³/mol. The van der Waals surface area contributed by atoms with Crippen molar-refractivity contribution in [3.8, 4) is 0 Å². The molecule has 1 amide bonds. The lowest BCUT2D eigenvalue weighted by Crippen LogP contribution is -3.00. The fourth-order valence-electron chi connectivity index (χ4n) is 1.71. The first-order valence-corrected chi connectivity index (χ1v) is 8.48. The second-order valence-corrected chi connectivity index (χ2v) is 7.12. The van der Waals surface area contributed by atoms with Gasteiger partial charge in [0.25, 0.3) is 0 Å². The largest absolute Gasteiger partial charge is 1.00 e. The maximum Gasteiger partial charge on any atom is 0.224 e. The third-order valence-electron chi connectivity index (χ3n) is 2.84. The van der Waals surface area contributed by atoms with Gasteiger partial charge in [-0.15, -0.1) is 11.6 Å². The highest BCUT2D eigenvalue weighted by Crippen LogP contribution is 2.19. The van der Waals surface area contributed by atoms with E-state index in [0.717, 1.165) is 28.1 Å². The number of anilines is 1. The van der Waals surface area contributed by atoms with E-state index in [-0.39, 0.29) is 29.9 Å². The summed E-state index contributed by atoms with van der Waals surface area (Å²) in [5.41, 5.74) is 2.07. The molecular weight excluding hydrogens is 419 g/mol. The highest BCUT2D eigenvalue weighted by molar-refractivity contribution is 7.99. The number of halogens is 2. The molecule has 0 saturated carbocycles. The van der Waals surface area contributed by atoms with Crippen LogP contribution in [0.25, 0.3) is 0 Å². The van der Waals surface area contributed by atoms with Crippen molar-refractivity contribution in [2.24, 2.45) is 0 Å². The molecule has 0 heterocycles. The van der Waals surface area contributed by atoms with E-state index in [4.69, 9.17) is 11.6 Å². The van der Waals surface area contributed by atoms with Crippen molar-refractivity contribution in [3.63, 3.8) is 0 Å². The molecule has 0 aliphatic rings. The molecule has 0 saturated heterocycles. The standard InChI is InChI=1S/C15H23ClN2OS.HI/c1-18(2,3)14-8-6-13(7-9-14)17-15(19)5-4-11-20-12-10-16;/h6-9H,4-5,10-12H2,1-3H3;1H. The lowest BCUT2D eigenvalue weighted by Gasteiger charge is -2.23. The Morgan fingerprint density at radius 2 is 1.81 bits per heavy atom. The van der Waals surface area contributed by atoms with Gasteiger partial charge in [0.2, 0.25) is 5.91 Å². The molecule has 0 aliphatic heterocycles. The SMILES string of the molecule is C[N+](C)(C)c1ccc(NC(=O)CCCSCCCl)cc1.[I-]. The summed E-state index contributed by atoms with van der Waals surface area (Å²) in [6.45, 7) is 0. The number of carbonyl (C=O) groups is 1. The third kappa shape index (κ3) is 8.90. The van der Waals surface area contributed by atoms with Crippen molar-refractivity contribution in [2.75, 3.05) is 43.8 Å². The van der Waals surface area contributed by atoms with Gasteiger partial charge in [0, 0.05) is 35.9 Å². The first-order chi connectivity index (χ1) is 9.43. The van der Waals surface area contributed by atoms with Crippen LogP contribution in [0.5, 0.6) is 0 Å². The zero-order chi connectivity index (χ0) is 15.0. The van der Waals surface area contributed by atoms with Crippen molar-refractivity contribution in [2.45, 2.75) is 12.8 Å². The van der Waals surface area contributed by atoms with Gasteiger partial charge in [-0.3, -0.25) is 9.28 Å². The summed E-state index contributed by atoms with van der Waals surface area (Å²) in [6.07, 6.45) is 1.46. The first-order valence-electron chi connectivity index (χ1n) is 6.79. The maximum atomic E-state index is 11.8. The Balaban J connectivity index is 0.00000400. The predicted octanol–water partition coefficient (Wildman–Crippen LogP) is 0.578. The van der Waals surface area contributed by atoms with Crippen molar-refractivity contribution in [1.29, 1.82) is 0 Å². The second kappa shape index (κ2) is 10.7. The number of quaternary nitrogens is 1. The van der Waals surface area contributed by atoms with Crippen molar-refractivity contribution in [1.82, 2.24) is 4.48 Å². The van der Waals surface area contributed by atoms with E-state index in [0.29, 0.717) is 12.3 Å². The number of nitrogens with one attached hydrogen (secondary N) is 1. The summed E-state index contributed by atoms with van der Waals surface area (Å²) in [7, 11) is 6.35. The molecule has 0 aliphatic carbocycles. The molecule has 120 valence electrons. The summed E-state index contributed by atoms with van der Waals surface area (Å²) in [4.78, 5) is 11.8. The normalized spacial score (nSPS) is 10.9. The number of nitrogens with zero attached hydrogens (tertiary/aromatic N) is 1. The lowest BCUT2D eigenvalue weighted by molar-refractivity contribution is -0.116. The summed E-state index contributed by atoms with van der Waals surface area (Å²) in [6, 6.07) is 8.01. The smallest absolute Gasteiger partial charge is 0.224 e. The van der Waals surface area contributed by atoms with Gasteiger partial charge in [-0.1, -0.05) is 0 Å². The fourth-order valence-corrected chi connectivity index (χ4v) is 2.70. The van der Waals surface area contributed by atoms with Crippen LogP contribution < -0.4 is 33.8 Å². The van der Waals surface area contributed by atoms with Crippen LogP contribution in [0.1, 0.15) is 12.8 Å². The van der Waals surface area contributed by atoms with Crippen molar-refractivity contribution >= 4 is 40.6 Å². The Labute approximate surface area is 154 Å². The minimum Gasteiger partial charge on any atom is -1.00 e. The van der Waals surface area contributed by atoms with E-state index in [1.165, 1.54) is 5.69 Å². The van der Waals surface area contributed by atoms with E-state index >= 15 is 0 Å². The summed E-state index contributed by atoms with van der Waals surface area (Å²) in [5, 5.41) is 2.93. The monoisotopic (exact) mass is 442 g/mol. The zero-order valence-corrected chi connectivity index (χ0v) is 16.6. The Bertz CT molecular complexity index is 421. The molecule has 6 heteroatoms. The van der Waals surface area contributed by atoms with Crippen molar-refractivity contribution < 1.29 is 28.8 Å². The van der Waals surface area contributed by atoms with E-state index < -0.39 is 0 Å². The second-order valence-electron chi connectivity index (χ2n) is 5.51. The van der Waals surface area contributed by atoms with Gasteiger partial charge in [0.05, 0.1) is 21.1 Å². The maximum absolute atomic E-state index is 11.8. The molecule has 1 aromatic rings. The highest BCUT2D eigenvalue weighted by atomic mass is 127. The molecule has 0 spiro atoms. The molecule has 3 nitrogen and oxygen atoms in total. The molecule has 0 unspecified atom stereocenters. The summed E-state index contributed by atoms with van der Waals surface area (Å²) < 4.78 is 0.770. The Hall–Kier alpha value is 0.0200. The third-order valence-corrected chi connectivity index (χ3v) is 4.32. The van der Waals surface area contributed by atoms with Crippen LogP contribution in [0.3, 0.4) is 0 Å². The van der Waals surface area contributed by atoms with E-state index in [9.17, 15) is 4.79 Å². The number of alkyl halides is 1. The quantitative estimate of drug-likeness (QED) is 0.276. The number of thioether (sulfide) groups is 1. The van der Waals surface area contributed by atoms with Gasteiger partial charge >= 0.3 is 0 Å². The first kappa shape index (κ1) is 21.0. The molecule has 1 rings (SSSR count). The van der Waals surface area contributed by atoms with Crippen LogP contribution >= 0.6 is 23.4 Å². The van der Waals surface area contributed by atoms with Crippen LogP contribution in [0.2, 0.25) is 0 Å². The number of benzene rings is 1. The Morgan fingerprint density at radius 1 is 1.19 bits per heavy atom.